The average molecular weight is 362 g/mol. The Morgan fingerprint density at radius 1 is 1.04 bits per heavy atom. The maximum Gasteiger partial charge on any atom is 0.228 e. The van der Waals surface area contributed by atoms with E-state index in [0.717, 1.165) is 29.8 Å². The quantitative estimate of drug-likeness (QED) is 0.820. The summed E-state index contributed by atoms with van der Waals surface area (Å²) < 4.78 is 0. The van der Waals surface area contributed by atoms with Gasteiger partial charge in [0.25, 0.3) is 0 Å². The van der Waals surface area contributed by atoms with Crippen LogP contribution in [0, 0.1) is 26.7 Å². The normalized spacial score (nSPS) is 19.4. The molecule has 140 valence electrons. The van der Waals surface area contributed by atoms with Crippen LogP contribution in [0.25, 0.3) is 0 Å². The van der Waals surface area contributed by atoms with Gasteiger partial charge in [0, 0.05) is 31.7 Å². The predicted molar refractivity (Wildman–Crippen MR) is 107 cm³/mol. The van der Waals surface area contributed by atoms with Gasteiger partial charge in [-0.15, -0.1) is 0 Å². The number of nitrogens with zero attached hydrogens (tertiary/aromatic N) is 2. The molecule has 1 saturated heterocycles. The van der Waals surface area contributed by atoms with Crippen LogP contribution in [0.2, 0.25) is 0 Å². The number of carbonyl (C=O) groups is 2. The van der Waals surface area contributed by atoms with Crippen LogP contribution in [0.15, 0.2) is 36.4 Å². The molecule has 0 aliphatic carbocycles. The molecule has 4 heteroatoms. The molecule has 0 radical (unpaired) electrons. The molecule has 2 aromatic rings. The molecule has 2 aliphatic heterocycles. The second kappa shape index (κ2) is 6.84. The van der Waals surface area contributed by atoms with Crippen molar-refractivity contribution in [2.75, 3.05) is 18.0 Å². The van der Waals surface area contributed by atoms with Gasteiger partial charge in [-0.25, -0.2) is 0 Å². The molecule has 0 spiro atoms. The summed E-state index contributed by atoms with van der Waals surface area (Å²) in [4.78, 5) is 29.6. The van der Waals surface area contributed by atoms with Crippen molar-refractivity contribution in [1.82, 2.24) is 4.90 Å². The van der Waals surface area contributed by atoms with Crippen LogP contribution in [0.1, 0.15) is 34.2 Å². The van der Waals surface area contributed by atoms with Crippen molar-refractivity contribution in [2.45, 2.75) is 40.2 Å². The lowest BCUT2D eigenvalue weighted by atomic mass is 9.98. The third kappa shape index (κ3) is 3.25. The van der Waals surface area contributed by atoms with Crippen LogP contribution in [-0.2, 0) is 22.6 Å². The lowest BCUT2D eigenvalue weighted by Gasteiger charge is -2.31. The summed E-state index contributed by atoms with van der Waals surface area (Å²) >= 11 is 0. The zero-order valence-electron chi connectivity index (χ0n) is 16.3. The van der Waals surface area contributed by atoms with E-state index in [4.69, 9.17) is 0 Å². The molecule has 2 amide bonds. The SMILES string of the molecule is Cc1cc(C)c(N2CC(C(=O)N3CCc4ccccc4C3)CC2=O)c(C)c1. The van der Waals surface area contributed by atoms with Gasteiger partial charge in [-0.05, 0) is 49.4 Å². The molecule has 4 rings (SSSR count). The van der Waals surface area contributed by atoms with Crippen LogP contribution < -0.4 is 4.90 Å². The molecule has 1 unspecified atom stereocenters. The number of fused-ring (bicyclic) bond motifs is 1. The zero-order chi connectivity index (χ0) is 19.1. The second-order valence-corrected chi connectivity index (χ2v) is 7.93. The molecule has 0 bridgehead atoms. The Hall–Kier alpha value is -2.62. The third-order valence-corrected chi connectivity index (χ3v) is 5.82. The van der Waals surface area contributed by atoms with Crippen LogP contribution in [0.3, 0.4) is 0 Å². The van der Waals surface area contributed by atoms with Gasteiger partial charge in [0.15, 0.2) is 0 Å². The molecule has 2 aliphatic rings. The Bertz CT molecular complexity index is 895. The fourth-order valence-corrected chi connectivity index (χ4v) is 4.63. The van der Waals surface area contributed by atoms with E-state index in [1.54, 1.807) is 0 Å². The summed E-state index contributed by atoms with van der Waals surface area (Å²) in [5.41, 5.74) is 6.92. The monoisotopic (exact) mass is 362 g/mol. The molecule has 1 fully saturated rings. The van der Waals surface area contributed by atoms with Crippen LogP contribution in [0.4, 0.5) is 5.69 Å². The maximum atomic E-state index is 13.1. The lowest BCUT2D eigenvalue weighted by Crippen LogP contribution is -2.40. The molecule has 0 aromatic heterocycles. The Labute approximate surface area is 160 Å². The number of amides is 2. The topological polar surface area (TPSA) is 40.6 Å². The summed E-state index contributed by atoms with van der Waals surface area (Å²) in [5, 5.41) is 0. The Morgan fingerprint density at radius 2 is 1.70 bits per heavy atom. The van der Waals surface area contributed by atoms with E-state index in [1.165, 1.54) is 16.7 Å². The lowest BCUT2D eigenvalue weighted by molar-refractivity contribution is -0.136. The minimum Gasteiger partial charge on any atom is -0.338 e. The Balaban J connectivity index is 1.52. The summed E-state index contributed by atoms with van der Waals surface area (Å²) in [7, 11) is 0. The zero-order valence-corrected chi connectivity index (χ0v) is 16.3. The van der Waals surface area contributed by atoms with Crippen molar-refractivity contribution >= 4 is 17.5 Å². The summed E-state index contributed by atoms with van der Waals surface area (Å²) in [5.74, 6) is -0.0774. The maximum absolute atomic E-state index is 13.1. The molecule has 0 saturated carbocycles. The summed E-state index contributed by atoms with van der Waals surface area (Å²) in [6, 6.07) is 12.5. The standard InChI is InChI=1S/C23H26N2O2/c1-15-10-16(2)22(17(3)11-15)25-14-20(12-21(25)26)23(27)24-9-8-18-6-4-5-7-19(18)13-24/h4-7,10-11,20H,8-9,12-14H2,1-3H3. The number of aryl methyl sites for hydroxylation is 3. The molecular weight excluding hydrogens is 336 g/mol. The molecular formula is C23H26N2O2. The minimum atomic E-state index is -0.247. The molecule has 27 heavy (non-hydrogen) atoms. The van der Waals surface area contributed by atoms with Crippen LogP contribution in [0.5, 0.6) is 0 Å². The highest BCUT2D eigenvalue weighted by Crippen LogP contribution is 2.33. The highest BCUT2D eigenvalue weighted by atomic mass is 16.2. The highest BCUT2D eigenvalue weighted by Gasteiger charge is 2.38. The number of hydrogen-bond acceptors (Lipinski definition) is 2. The van der Waals surface area contributed by atoms with Gasteiger partial charge < -0.3 is 9.80 Å². The smallest absolute Gasteiger partial charge is 0.228 e. The van der Waals surface area contributed by atoms with Crippen molar-refractivity contribution in [2.24, 2.45) is 5.92 Å². The number of anilines is 1. The molecule has 1 atom stereocenters. The first-order chi connectivity index (χ1) is 12.9. The van der Waals surface area contributed by atoms with Crippen molar-refractivity contribution in [3.63, 3.8) is 0 Å². The Morgan fingerprint density at radius 3 is 2.41 bits per heavy atom. The first-order valence-electron chi connectivity index (χ1n) is 9.68. The number of carbonyl (C=O) groups excluding carboxylic acids is 2. The van der Waals surface area contributed by atoms with E-state index in [-0.39, 0.29) is 17.7 Å². The van der Waals surface area contributed by atoms with Gasteiger partial charge in [-0.3, -0.25) is 9.59 Å². The number of hydrogen-bond donors (Lipinski definition) is 0. The van der Waals surface area contributed by atoms with Crippen molar-refractivity contribution < 1.29 is 9.59 Å². The highest BCUT2D eigenvalue weighted by molar-refractivity contribution is 6.01. The first kappa shape index (κ1) is 17.8. The fourth-order valence-electron chi connectivity index (χ4n) is 4.63. The summed E-state index contributed by atoms with van der Waals surface area (Å²) in [6.07, 6.45) is 1.20. The van der Waals surface area contributed by atoms with E-state index in [2.05, 4.69) is 37.3 Å². The largest absolute Gasteiger partial charge is 0.338 e. The average Bonchev–Trinajstić information content (AvgIpc) is 3.01. The van der Waals surface area contributed by atoms with Crippen LogP contribution in [-0.4, -0.2) is 29.8 Å². The van der Waals surface area contributed by atoms with Gasteiger partial charge >= 0.3 is 0 Å². The van der Waals surface area contributed by atoms with Crippen molar-refractivity contribution in [3.05, 3.63) is 64.2 Å². The van der Waals surface area contributed by atoms with E-state index >= 15 is 0 Å². The third-order valence-electron chi connectivity index (χ3n) is 5.82. The summed E-state index contributed by atoms with van der Waals surface area (Å²) in [6.45, 7) is 8.03. The Kier molecular flexibility index (Phi) is 4.50. The van der Waals surface area contributed by atoms with E-state index in [0.29, 0.717) is 19.5 Å². The van der Waals surface area contributed by atoms with E-state index in [1.807, 2.05) is 29.7 Å². The predicted octanol–water partition coefficient (Wildman–Crippen LogP) is 3.55. The van der Waals surface area contributed by atoms with Gasteiger partial charge in [0.1, 0.15) is 0 Å². The van der Waals surface area contributed by atoms with Crippen molar-refractivity contribution in [1.29, 1.82) is 0 Å². The minimum absolute atomic E-state index is 0.0563. The first-order valence-corrected chi connectivity index (χ1v) is 9.68. The van der Waals surface area contributed by atoms with Gasteiger partial charge in [-0.1, -0.05) is 42.0 Å². The molecule has 0 N–H and O–H groups in total. The van der Waals surface area contributed by atoms with E-state index in [9.17, 15) is 9.59 Å². The van der Waals surface area contributed by atoms with E-state index < -0.39 is 0 Å². The molecule has 2 heterocycles. The molecule has 4 nitrogen and oxygen atoms in total. The van der Waals surface area contributed by atoms with Crippen molar-refractivity contribution in [3.8, 4) is 0 Å². The van der Waals surface area contributed by atoms with Gasteiger partial charge in [0.2, 0.25) is 11.8 Å². The number of benzene rings is 2. The second-order valence-electron chi connectivity index (χ2n) is 7.93. The number of rotatable bonds is 2. The van der Waals surface area contributed by atoms with Gasteiger partial charge in [0.05, 0.1) is 5.92 Å². The fraction of sp³-hybridized carbons (Fsp3) is 0.391. The van der Waals surface area contributed by atoms with Gasteiger partial charge in [-0.2, -0.15) is 0 Å². The molecule has 2 aromatic carbocycles. The van der Waals surface area contributed by atoms with Crippen LogP contribution >= 0.6 is 0 Å².